The van der Waals surface area contributed by atoms with Crippen LogP contribution in [-0.4, -0.2) is 13.1 Å². The van der Waals surface area contributed by atoms with Crippen LogP contribution in [0.2, 0.25) is 0 Å². The minimum absolute atomic E-state index is 0.792. The van der Waals surface area contributed by atoms with Crippen molar-refractivity contribution in [2.75, 3.05) is 7.05 Å². The second kappa shape index (κ2) is 4.86. The van der Waals surface area contributed by atoms with E-state index in [-0.39, 0.29) is 0 Å². The Labute approximate surface area is 95.0 Å². The van der Waals surface area contributed by atoms with Gasteiger partial charge >= 0.3 is 0 Å². The summed E-state index contributed by atoms with van der Waals surface area (Å²) in [5.41, 5.74) is 0. The minimum Gasteiger partial charge on any atom is -0.316 e. The molecule has 1 N–H and O–H groups in total. The molecule has 0 aromatic carbocycles. The SMILES string of the molecule is CNC(C1CCCC(C)C1)C(C)C1CC1. The van der Waals surface area contributed by atoms with Crippen LogP contribution in [0.25, 0.3) is 0 Å². The molecule has 2 aliphatic rings. The first-order valence-electron chi connectivity index (χ1n) is 6.89. The van der Waals surface area contributed by atoms with Gasteiger partial charge in [-0.25, -0.2) is 0 Å². The van der Waals surface area contributed by atoms with Gasteiger partial charge in [-0.05, 0) is 56.4 Å². The molecule has 0 heterocycles. The number of hydrogen-bond donors (Lipinski definition) is 1. The molecule has 15 heavy (non-hydrogen) atoms. The van der Waals surface area contributed by atoms with E-state index < -0.39 is 0 Å². The van der Waals surface area contributed by atoms with E-state index in [0.29, 0.717) is 0 Å². The molecule has 0 amide bonds. The maximum atomic E-state index is 3.61. The first kappa shape index (κ1) is 11.4. The predicted molar refractivity (Wildman–Crippen MR) is 65.9 cm³/mol. The van der Waals surface area contributed by atoms with E-state index in [0.717, 1.165) is 29.7 Å². The van der Waals surface area contributed by atoms with Crippen LogP contribution in [0.1, 0.15) is 52.4 Å². The summed E-state index contributed by atoms with van der Waals surface area (Å²) in [6.45, 7) is 4.90. The topological polar surface area (TPSA) is 12.0 Å². The lowest BCUT2D eigenvalue weighted by Gasteiger charge is -2.36. The van der Waals surface area contributed by atoms with Gasteiger partial charge in [0, 0.05) is 6.04 Å². The second-order valence-corrected chi connectivity index (χ2v) is 6.04. The quantitative estimate of drug-likeness (QED) is 0.748. The number of nitrogens with one attached hydrogen (secondary N) is 1. The third kappa shape index (κ3) is 2.75. The molecule has 88 valence electrons. The maximum Gasteiger partial charge on any atom is 0.0121 e. The van der Waals surface area contributed by atoms with Gasteiger partial charge in [0.05, 0.1) is 0 Å². The molecule has 0 bridgehead atoms. The summed E-state index contributed by atoms with van der Waals surface area (Å²) < 4.78 is 0. The Morgan fingerprint density at radius 2 is 1.80 bits per heavy atom. The van der Waals surface area contributed by atoms with Gasteiger partial charge in [0.25, 0.3) is 0 Å². The molecule has 4 unspecified atom stereocenters. The zero-order valence-electron chi connectivity index (χ0n) is 10.6. The molecule has 2 fully saturated rings. The van der Waals surface area contributed by atoms with Crippen LogP contribution in [0.15, 0.2) is 0 Å². The lowest BCUT2D eigenvalue weighted by molar-refractivity contribution is 0.179. The van der Waals surface area contributed by atoms with Crippen molar-refractivity contribution in [3.8, 4) is 0 Å². The van der Waals surface area contributed by atoms with Crippen LogP contribution >= 0.6 is 0 Å². The highest BCUT2D eigenvalue weighted by Gasteiger charge is 2.37. The highest BCUT2D eigenvalue weighted by Crippen LogP contribution is 2.42. The molecular weight excluding hydrogens is 182 g/mol. The van der Waals surface area contributed by atoms with Gasteiger partial charge in [-0.2, -0.15) is 0 Å². The summed E-state index contributed by atoms with van der Waals surface area (Å²) in [6, 6.07) is 0.792. The van der Waals surface area contributed by atoms with Gasteiger partial charge < -0.3 is 5.32 Å². The van der Waals surface area contributed by atoms with Crippen LogP contribution in [0.3, 0.4) is 0 Å². The smallest absolute Gasteiger partial charge is 0.0121 e. The Morgan fingerprint density at radius 3 is 2.33 bits per heavy atom. The van der Waals surface area contributed by atoms with E-state index in [1.165, 1.54) is 38.5 Å². The molecule has 0 aromatic heterocycles. The van der Waals surface area contributed by atoms with Gasteiger partial charge in [0.15, 0.2) is 0 Å². The largest absolute Gasteiger partial charge is 0.316 e. The molecular formula is C14H27N. The maximum absolute atomic E-state index is 3.61. The van der Waals surface area contributed by atoms with Crippen molar-refractivity contribution >= 4 is 0 Å². The average molecular weight is 209 g/mol. The third-order valence-electron chi connectivity index (χ3n) is 4.75. The van der Waals surface area contributed by atoms with Crippen molar-refractivity contribution < 1.29 is 0 Å². The van der Waals surface area contributed by atoms with E-state index in [2.05, 4.69) is 26.2 Å². The molecule has 1 heteroatoms. The van der Waals surface area contributed by atoms with Gasteiger partial charge in [-0.1, -0.05) is 26.7 Å². The van der Waals surface area contributed by atoms with Crippen molar-refractivity contribution in [1.29, 1.82) is 0 Å². The van der Waals surface area contributed by atoms with E-state index >= 15 is 0 Å². The molecule has 2 saturated carbocycles. The molecule has 0 aromatic rings. The fourth-order valence-corrected chi connectivity index (χ4v) is 3.65. The third-order valence-corrected chi connectivity index (χ3v) is 4.75. The van der Waals surface area contributed by atoms with Crippen LogP contribution in [0.4, 0.5) is 0 Å². The van der Waals surface area contributed by atoms with Crippen LogP contribution in [0, 0.1) is 23.7 Å². The van der Waals surface area contributed by atoms with Crippen molar-refractivity contribution in [2.45, 2.75) is 58.4 Å². The van der Waals surface area contributed by atoms with Crippen molar-refractivity contribution in [2.24, 2.45) is 23.7 Å². The second-order valence-electron chi connectivity index (χ2n) is 6.04. The summed E-state index contributed by atoms with van der Waals surface area (Å²) in [5.74, 6) is 3.87. The lowest BCUT2D eigenvalue weighted by atomic mass is 9.74. The van der Waals surface area contributed by atoms with Crippen LogP contribution in [0.5, 0.6) is 0 Å². The number of hydrogen-bond acceptors (Lipinski definition) is 1. The fourth-order valence-electron chi connectivity index (χ4n) is 3.65. The number of rotatable bonds is 4. The zero-order chi connectivity index (χ0) is 10.8. The fraction of sp³-hybridized carbons (Fsp3) is 1.00. The molecule has 0 radical (unpaired) electrons. The molecule has 2 rings (SSSR count). The summed E-state index contributed by atoms with van der Waals surface area (Å²) in [4.78, 5) is 0. The molecule has 1 nitrogen and oxygen atoms in total. The average Bonchev–Trinajstić information content (AvgIpc) is 3.02. The normalized spacial score (nSPS) is 36.2. The Balaban J connectivity index is 1.91. The van der Waals surface area contributed by atoms with Gasteiger partial charge in [0.2, 0.25) is 0 Å². The Hall–Kier alpha value is -0.0400. The summed E-state index contributed by atoms with van der Waals surface area (Å²) in [6.07, 6.45) is 8.82. The van der Waals surface area contributed by atoms with Crippen LogP contribution in [-0.2, 0) is 0 Å². The van der Waals surface area contributed by atoms with E-state index in [1.807, 2.05) is 0 Å². The standard InChI is InChI=1S/C14H27N/c1-10-5-4-6-13(9-10)14(15-3)11(2)12-7-8-12/h10-15H,4-9H2,1-3H3. The summed E-state index contributed by atoms with van der Waals surface area (Å²) in [5, 5.41) is 3.61. The zero-order valence-corrected chi connectivity index (χ0v) is 10.6. The van der Waals surface area contributed by atoms with Gasteiger partial charge in [-0.15, -0.1) is 0 Å². The van der Waals surface area contributed by atoms with E-state index in [4.69, 9.17) is 0 Å². The van der Waals surface area contributed by atoms with E-state index in [1.54, 1.807) is 0 Å². The first-order chi connectivity index (χ1) is 7.22. The molecule has 2 aliphatic carbocycles. The summed E-state index contributed by atoms with van der Waals surface area (Å²) >= 11 is 0. The van der Waals surface area contributed by atoms with E-state index in [9.17, 15) is 0 Å². The Morgan fingerprint density at radius 1 is 1.07 bits per heavy atom. The predicted octanol–water partition coefficient (Wildman–Crippen LogP) is 3.45. The molecule has 4 atom stereocenters. The van der Waals surface area contributed by atoms with Crippen molar-refractivity contribution in [1.82, 2.24) is 5.32 Å². The summed E-state index contributed by atoms with van der Waals surface area (Å²) in [7, 11) is 2.17. The molecule has 0 saturated heterocycles. The molecule has 0 aliphatic heterocycles. The first-order valence-corrected chi connectivity index (χ1v) is 6.89. The molecule has 0 spiro atoms. The highest BCUT2D eigenvalue weighted by molar-refractivity contribution is 4.91. The minimum atomic E-state index is 0.792. The lowest BCUT2D eigenvalue weighted by Crippen LogP contribution is -2.41. The van der Waals surface area contributed by atoms with Crippen molar-refractivity contribution in [3.05, 3.63) is 0 Å². The van der Waals surface area contributed by atoms with Crippen LogP contribution < -0.4 is 5.32 Å². The van der Waals surface area contributed by atoms with Gasteiger partial charge in [-0.3, -0.25) is 0 Å². The van der Waals surface area contributed by atoms with Crippen molar-refractivity contribution in [3.63, 3.8) is 0 Å². The van der Waals surface area contributed by atoms with Gasteiger partial charge in [0.1, 0.15) is 0 Å². The Kier molecular flexibility index (Phi) is 3.71. The monoisotopic (exact) mass is 209 g/mol. The highest BCUT2D eigenvalue weighted by atomic mass is 14.9. The Bertz CT molecular complexity index is 198.